The summed E-state index contributed by atoms with van der Waals surface area (Å²) in [6.45, 7) is 6.83. The molecule has 1 aromatic carbocycles. The number of thioether (sulfide) groups is 1. The molecule has 0 saturated carbocycles. The van der Waals surface area contributed by atoms with Gasteiger partial charge >= 0.3 is 0 Å². The maximum atomic E-state index is 12.1. The predicted molar refractivity (Wildman–Crippen MR) is 91.0 cm³/mol. The summed E-state index contributed by atoms with van der Waals surface area (Å²) in [4.78, 5) is 19.3. The van der Waals surface area contributed by atoms with Gasteiger partial charge in [-0.2, -0.15) is 0 Å². The van der Waals surface area contributed by atoms with E-state index < -0.39 is 0 Å². The first-order chi connectivity index (χ1) is 10.5. The lowest BCUT2D eigenvalue weighted by molar-refractivity contribution is 0.271. The molecule has 0 saturated heterocycles. The quantitative estimate of drug-likeness (QED) is 0.655. The summed E-state index contributed by atoms with van der Waals surface area (Å²) in [6, 6.07) is 7.89. The largest absolute Gasteiger partial charge is 0.493 e. The van der Waals surface area contributed by atoms with Crippen molar-refractivity contribution in [2.75, 3.05) is 12.9 Å². The minimum absolute atomic E-state index is 0.0583. The molecule has 1 N–H and O–H groups in total. The Balaban J connectivity index is 2.13. The Morgan fingerprint density at radius 2 is 1.95 bits per heavy atom. The first kappa shape index (κ1) is 16.6. The molecule has 5 heteroatoms. The van der Waals surface area contributed by atoms with Crippen LogP contribution in [-0.2, 0) is 6.42 Å². The van der Waals surface area contributed by atoms with E-state index in [1.165, 1.54) is 11.8 Å². The van der Waals surface area contributed by atoms with Crippen molar-refractivity contribution in [3.05, 3.63) is 51.4 Å². The third-order valence-electron chi connectivity index (χ3n) is 3.28. The highest BCUT2D eigenvalue weighted by molar-refractivity contribution is 7.98. The summed E-state index contributed by atoms with van der Waals surface area (Å²) in [5, 5.41) is 0.656. The van der Waals surface area contributed by atoms with Gasteiger partial charge in [-0.15, -0.1) is 0 Å². The highest BCUT2D eigenvalue weighted by Gasteiger charge is 2.09. The number of nitrogens with zero attached hydrogens (tertiary/aromatic N) is 1. The molecule has 0 spiro atoms. The molecule has 0 aliphatic carbocycles. The SMILES string of the molecule is CSc1nc(C)c(Cc2ccc(OCC(C)C)cc2)c(=O)[nH]1. The molecular formula is C17H22N2O2S. The van der Waals surface area contributed by atoms with E-state index in [1.54, 1.807) is 0 Å². The number of aryl methyl sites for hydroxylation is 1. The summed E-state index contributed by atoms with van der Waals surface area (Å²) in [5.41, 5.74) is 2.52. The van der Waals surface area contributed by atoms with Gasteiger partial charge in [0.2, 0.25) is 0 Å². The van der Waals surface area contributed by atoms with Crippen molar-refractivity contribution in [1.82, 2.24) is 9.97 Å². The van der Waals surface area contributed by atoms with Crippen LogP contribution in [0.2, 0.25) is 0 Å². The molecule has 0 atom stereocenters. The van der Waals surface area contributed by atoms with E-state index in [-0.39, 0.29) is 5.56 Å². The fourth-order valence-electron chi connectivity index (χ4n) is 2.06. The highest BCUT2D eigenvalue weighted by atomic mass is 32.2. The van der Waals surface area contributed by atoms with E-state index >= 15 is 0 Å². The Hall–Kier alpha value is -1.75. The molecule has 0 bridgehead atoms. The first-order valence-electron chi connectivity index (χ1n) is 7.35. The van der Waals surface area contributed by atoms with Crippen molar-refractivity contribution in [3.63, 3.8) is 0 Å². The average molecular weight is 318 g/mol. The van der Waals surface area contributed by atoms with E-state index in [1.807, 2.05) is 37.4 Å². The van der Waals surface area contributed by atoms with E-state index in [0.717, 1.165) is 17.0 Å². The molecule has 0 fully saturated rings. The molecule has 0 amide bonds. The van der Waals surface area contributed by atoms with Crippen LogP contribution < -0.4 is 10.3 Å². The standard InChI is InChI=1S/C17H22N2O2S/c1-11(2)10-21-14-7-5-13(6-8-14)9-15-12(3)18-17(22-4)19-16(15)20/h5-8,11H,9-10H2,1-4H3,(H,18,19,20). The molecule has 22 heavy (non-hydrogen) atoms. The molecule has 0 unspecified atom stereocenters. The number of aromatic nitrogens is 2. The molecule has 2 aromatic rings. The fraction of sp³-hybridized carbons (Fsp3) is 0.412. The monoisotopic (exact) mass is 318 g/mol. The van der Waals surface area contributed by atoms with E-state index in [0.29, 0.717) is 29.7 Å². The number of ether oxygens (including phenoxy) is 1. The van der Waals surface area contributed by atoms with Crippen LogP contribution in [0.15, 0.2) is 34.2 Å². The molecular weight excluding hydrogens is 296 g/mol. The number of aromatic amines is 1. The summed E-state index contributed by atoms with van der Waals surface area (Å²) in [7, 11) is 0. The van der Waals surface area contributed by atoms with Crippen LogP contribution in [0.3, 0.4) is 0 Å². The Bertz CT molecular complexity index is 678. The Kier molecular flexibility index (Phi) is 5.66. The van der Waals surface area contributed by atoms with Crippen LogP contribution in [0.5, 0.6) is 5.75 Å². The third kappa shape index (κ3) is 4.37. The van der Waals surface area contributed by atoms with Gasteiger partial charge in [0.25, 0.3) is 5.56 Å². The van der Waals surface area contributed by atoms with Crippen LogP contribution >= 0.6 is 11.8 Å². The second-order valence-corrected chi connectivity index (χ2v) is 6.46. The van der Waals surface area contributed by atoms with Gasteiger partial charge in [-0.25, -0.2) is 4.98 Å². The van der Waals surface area contributed by atoms with Gasteiger partial charge in [0.15, 0.2) is 5.16 Å². The van der Waals surface area contributed by atoms with Gasteiger partial charge in [0, 0.05) is 17.7 Å². The molecule has 0 aliphatic rings. The smallest absolute Gasteiger partial charge is 0.255 e. The predicted octanol–water partition coefficient (Wildman–Crippen LogP) is 3.43. The number of hydrogen-bond donors (Lipinski definition) is 1. The van der Waals surface area contributed by atoms with Gasteiger partial charge in [-0.05, 0) is 36.8 Å². The Morgan fingerprint density at radius 1 is 1.27 bits per heavy atom. The van der Waals surface area contributed by atoms with Crippen LogP contribution in [0.25, 0.3) is 0 Å². The molecule has 0 radical (unpaired) electrons. The van der Waals surface area contributed by atoms with Gasteiger partial charge in [0.1, 0.15) is 5.75 Å². The molecule has 0 aliphatic heterocycles. The zero-order valence-electron chi connectivity index (χ0n) is 13.5. The van der Waals surface area contributed by atoms with Gasteiger partial charge in [-0.1, -0.05) is 37.7 Å². The third-order valence-corrected chi connectivity index (χ3v) is 3.86. The lowest BCUT2D eigenvalue weighted by atomic mass is 10.1. The summed E-state index contributed by atoms with van der Waals surface area (Å²) < 4.78 is 5.67. The lowest BCUT2D eigenvalue weighted by Gasteiger charge is -2.10. The van der Waals surface area contributed by atoms with E-state index in [2.05, 4.69) is 23.8 Å². The molecule has 2 rings (SSSR count). The maximum Gasteiger partial charge on any atom is 0.255 e. The molecule has 118 valence electrons. The van der Waals surface area contributed by atoms with Crippen LogP contribution in [-0.4, -0.2) is 22.8 Å². The fourth-order valence-corrected chi connectivity index (χ4v) is 2.48. The van der Waals surface area contributed by atoms with E-state index in [4.69, 9.17) is 4.74 Å². The van der Waals surface area contributed by atoms with E-state index in [9.17, 15) is 4.79 Å². The minimum Gasteiger partial charge on any atom is -0.493 e. The van der Waals surface area contributed by atoms with Crippen molar-refractivity contribution in [2.24, 2.45) is 5.92 Å². The zero-order chi connectivity index (χ0) is 16.1. The van der Waals surface area contributed by atoms with Crippen molar-refractivity contribution >= 4 is 11.8 Å². The van der Waals surface area contributed by atoms with Crippen LogP contribution in [0, 0.1) is 12.8 Å². The first-order valence-corrected chi connectivity index (χ1v) is 8.57. The number of nitrogens with one attached hydrogen (secondary N) is 1. The number of hydrogen-bond acceptors (Lipinski definition) is 4. The normalized spacial score (nSPS) is 11.0. The lowest BCUT2D eigenvalue weighted by Crippen LogP contribution is -2.17. The topological polar surface area (TPSA) is 55.0 Å². The summed E-state index contributed by atoms with van der Waals surface area (Å²) in [6.07, 6.45) is 2.47. The van der Waals surface area contributed by atoms with Crippen molar-refractivity contribution in [3.8, 4) is 5.75 Å². The molecule has 1 heterocycles. The second-order valence-electron chi connectivity index (χ2n) is 5.66. The molecule has 1 aromatic heterocycles. The zero-order valence-corrected chi connectivity index (χ0v) is 14.3. The molecule has 4 nitrogen and oxygen atoms in total. The van der Waals surface area contributed by atoms with Gasteiger partial charge in [0.05, 0.1) is 6.61 Å². The van der Waals surface area contributed by atoms with Gasteiger partial charge < -0.3 is 9.72 Å². The number of rotatable bonds is 6. The Morgan fingerprint density at radius 3 is 2.50 bits per heavy atom. The van der Waals surface area contributed by atoms with Crippen molar-refractivity contribution in [1.29, 1.82) is 0 Å². The minimum atomic E-state index is -0.0583. The highest BCUT2D eigenvalue weighted by Crippen LogP contribution is 2.16. The summed E-state index contributed by atoms with van der Waals surface area (Å²) in [5.74, 6) is 1.36. The van der Waals surface area contributed by atoms with Crippen LogP contribution in [0.4, 0.5) is 0 Å². The number of H-pyrrole nitrogens is 1. The van der Waals surface area contributed by atoms with Crippen molar-refractivity contribution in [2.45, 2.75) is 32.3 Å². The van der Waals surface area contributed by atoms with Gasteiger partial charge in [-0.3, -0.25) is 4.79 Å². The second kappa shape index (κ2) is 7.49. The summed E-state index contributed by atoms with van der Waals surface area (Å²) >= 11 is 1.44. The van der Waals surface area contributed by atoms with Crippen molar-refractivity contribution < 1.29 is 4.74 Å². The number of benzene rings is 1. The maximum absolute atomic E-state index is 12.1. The Labute approximate surface area is 135 Å². The average Bonchev–Trinajstić information content (AvgIpc) is 2.49. The van der Waals surface area contributed by atoms with Crippen LogP contribution in [0.1, 0.15) is 30.7 Å².